The lowest BCUT2D eigenvalue weighted by molar-refractivity contribution is 0.711. The molecule has 2 aromatic rings. The van der Waals surface area contributed by atoms with Crippen molar-refractivity contribution in [1.29, 1.82) is 0 Å². The molecule has 0 saturated heterocycles. The molecule has 0 unspecified atom stereocenters. The van der Waals surface area contributed by atoms with Gasteiger partial charge in [-0.1, -0.05) is 0 Å². The molecule has 1 aliphatic rings. The third kappa shape index (κ3) is 0.769. The number of aromatic nitrogens is 5. The second-order valence-electron chi connectivity index (χ2n) is 3.17. The first-order chi connectivity index (χ1) is 6.36. The SMILES string of the molecule is O=c1c2c([nH]n3nnnc13)CCC2. The van der Waals surface area contributed by atoms with Crippen molar-refractivity contribution in [3.8, 4) is 0 Å². The average Bonchev–Trinajstić information content (AvgIpc) is 2.71. The van der Waals surface area contributed by atoms with Crippen LogP contribution in [0.4, 0.5) is 0 Å². The molecule has 0 saturated carbocycles. The van der Waals surface area contributed by atoms with Gasteiger partial charge in [0.25, 0.3) is 0 Å². The number of aromatic amines is 1. The standard InChI is InChI=1S/C7H7N5O/c13-6-4-2-1-3-5(4)9-12-7(6)8-10-11-12/h9H,1-3H2. The summed E-state index contributed by atoms with van der Waals surface area (Å²) in [7, 11) is 0. The zero-order valence-electron chi connectivity index (χ0n) is 6.82. The van der Waals surface area contributed by atoms with E-state index < -0.39 is 0 Å². The van der Waals surface area contributed by atoms with Gasteiger partial charge in [-0.3, -0.25) is 9.89 Å². The number of aryl methyl sites for hydroxylation is 1. The monoisotopic (exact) mass is 177 g/mol. The van der Waals surface area contributed by atoms with Gasteiger partial charge in [0.2, 0.25) is 11.1 Å². The highest BCUT2D eigenvalue weighted by atomic mass is 16.1. The molecule has 2 heterocycles. The Morgan fingerprint density at radius 1 is 1.38 bits per heavy atom. The molecule has 6 nitrogen and oxygen atoms in total. The number of rotatable bonds is 0. The Hall–Kier alpha value is -1.72. The van der Waals surface area contributed by atoms with Crippen molar-refractivity contribution in [2.75, 3.05) is 0 Å². The van der Waals surface area contributed by atoms with Crippen LogP contribution in [0.25, 0.3) is 5.65 Å². The van der Waals surface area contributed by atoms with E-state index in [1.54, 1.807) is 0 Å². The third-order valence-electron chi connectivity index (χ3n) is 2.41. The van der Waals surface area contributed by atoms with Crippen LogP contribution in [0, 0.1) is 0 Å². The molecule has 6 heteroatoms. The minimum Gasteiger partial charge on any atom is -0.285 e. The molecule has 0 fully saturated rings. The molecule has 0 atom stereocenters. The van der Waals surface area contributed by atoms with Crippen LogP contribution < -0.4 is 5.43 Å². The van der Waals surface area contributed by atoms with Crippen LogP contribution in [0.15, 0.2) is 4.79 Å². The van der Waals surface area contributed by atoms with Crippen molar-refractivity contribution in [3.05, 3.63) is 21.5 Å². The Morgan fingerprint density at radius 2 is 2.31 bits per heavy atom. The Labute approximate surface area is 72.6 Å². The van der Waals surface area contributed by atoms with Gasteiger partial charge in [0.15, 0.2) is 0 Å². The van der Waals surface area contributed by atoms with Crippen LogP contribution in [-0.2, 0) is 12.8 Å². The lowest BCUT2D eigenvalue weighted by atomic mass is 10.2. The lowest BCUT2D eigenvalue weighted by Gasteiger charge is -1.97. The number of nitrogens with one attached hydrogen (secondary N) is 1. The second kappa shape index (κ2) is 2.15. The minimum absolute atomic E-state index is 0.0312. The molecule has 13 heavy (non-hydrogen) atoms. The molecular formula is C7H7N5O. The Kier molecular flexibility index (Phi) is 1.12. The van der Waals surface area contributed by atoms with E-state index in [1.165, 1.54) is 4.63 Å². The largest absolute Gasteiger partial charge is 0.285 e. The predicted octanol–water partition coefficient (Wildman–Crippen LogP) is -0.699. The van der Waals surface area contributed by atoms with Crippen molar-refractivity contribution in [2.45, 2.75) is 19.3 Å². The lowest BCUT2D eigenvalue weighted by Crippen LogP contribution is -2.15. The Bertz CT molecular complexity index is 525. The number of hydrogen-bond acceptors (Lipinski definition) is 4. The van der Waals surface area contributed by atoms with Crippen LogP contribution in [0.2, 0.25) is 0 Å². The van der Waals surface area contributed by atoms with E-state index in [-0.39, 0.29) is 5.43 Å². The zero-order chi connectivity index (χ0) is 8.84. The number of H-pyrrole nitrogens is 1. The Morgan fingerprint density at radius 3 is 3.23 bits per heavy atom. The maximum absolute atomic E-state index is 11.7. The van der Waals surface area contributed by atoms with Crippen molar-refractivity contribution in [3.63, 3.8) is 0 Å². The number of tetrazole rings is 1. The Balaban J connectivity index is 2.53. The van der Waals surface area contributed by atoms with Gasteiger partial charge < -0.3 is 0 Å². The van der Waals surface area contributed by atoms with Crippen LogP contribution in [0.1, 0.15) is 17.7 Å². The fraction of sp³-hybridized carbons (Fsp3) is 0.429. The predicted molar refractivity (Wildman–Crippen MR) is 43.4 cm³/mol. The summed E-state index contributed by atoms with van der Waals surface area (Å²) < 4.78 is 1.34. The van der Waals surface area contributed by atoms with Gasteiger partial charge in [0, 0.05) is 11.3 Å². The normalized spacial score (nSPS) is 15.1. The fourth-order valence-corrected chi connectivity index (χ4v) is 1.78. The molecular weight excluding hydrogens is 170 g/mol. The highest BCUT2D eigenvalue weighted by molar-refractivity contribution is 5.40. The van der Waals surface area contributed by atoms with E-state index in [2.05, 4.69) is 20.6 Å². The van der Waals surface area contributed by atoms with E-state index >= 15 is 0 Å². The van der Waals surface area contributed by atoms with Gasteiger partial charge >= 0.3 is 0 Å². The molecule has 1 aliphatic carbocycles. The third-order valence-corrected chi connectivity index (χ3v) is 2.41. The summed E-state index contributed by atoms with van der Waals surface area (Å²) in [6.45, 7) is 0. The fourth-order valence-electron chi connectivity index (χ4n) is 1.78. The smallest absolute Gasteiger partial charge is 0.244 e. The van der Waals surface area contributed by atoms with Crippen molar-refractivity contribution >= 4 is 5.65 Å². The van der Waals surface area contributed by atoms with Gasteiger partial charge in [-0.05, 0) is 29.7 Å². The first kappa shape index (κ1) is 6.76. The zero-order valence-corrected chi connectivity index (χ0v) is 6.82. The average molecular weight is 177 g/mol. The number of nitrogens with zero attached hydrogens (tertiary/aromatic N) is 4. The van der Waals surface area contributed by atoms with Gasteiger partial charge in [-0.15, -0.1) is 9.73 Å². The molecule has 1 N–H and O–H groups in total. The first-order valence-electron chi connectivity index (χ1n) is 4.18. The summed E-state index contributed by atoms with van der Waals surface area (Å²) in [5.74, 6) is 0. The van der Waals surface area contributed by atoms with Crippen LogP contribution in [-0.4, -0.2) is 25.3 Å². The molecule has 0 spiro atoms. The summed E-state index contributed by atoms with van der Waals surface area (Å²) in [5, 5.41) is 13.8. The van der Waals surface area contributed by atoms with Crippen LogP contribution in [0.3, 0.4) is 0 Å². The van der Waals surface area contributed by atoms with Gasteiger partial charge in [0.1, 0.15) is 0 Å². The summed E-state index contributed by atoms with van der Waals surface area (Å²) >= 11 is 0. The van der Waals surface area contributed by atoms with Gasteiger partial charge in [-0.25, -0.2) is 0 Å². The second-order valence-corrected chi connectivity index (χ2v) is 3.17. The van der Waals surface area contributed by atoms with Crippen LogP contribution >= 0.6 is 0 Å². The highest BCUT2D eigenvalue weighted by Gasteiger charge is 2.18. The molecule has 0 aromatic carbocycles. The molecule has 0 aliphatic heterocycles. The number of fused-ring (bicyclic) bond motifs is 2. The summed E-state index contributed by atoms with van der Waals surface area (Å²) in [5.41, 5.74) is 2.09. The van der Waals surface area contributed by atoms with Crippen molar-refractivity contribution in [1.82, 2.24) is 25.3 Å². The number of hydrogen-bond donors (Lipinski definition) is 1. The van der Waals surface area contributed by atoms with Gasteiger partial charge in [0.05, 0.1) is 0 Å². The molecule has 3 rings (SSSR count). The van der Waals surface area contributed by atoms with E-state index in [0.717, 1.165) is 30.5 Å². The summed E-state index contributed by atoms with van der Waals surface area (Å²) in [6, 6.07) is 0. The van der Waals surface area contributed by atoms with E-state index in [1.807, 2.05) is 0 Å². The van der Waals surface area contributed by atoms with Crippen molar-refractivity contribution in [2.24, 2.45) is 0 Å². The molecule has 0 radical (unpaired) electrons. The molecule has 66 valence electrons. The van der Waals surface area contributed by atoms with Gasteiger partial charge in [-0.2, -0.15) is 0 Å². The first-order valence-corrected chi connectivity index (χ1v) is 4.18. The maximum Gasteiger partial charge on any atom is 0.244 e. The molecule has 0 bridgehead atoms. The van der Waals surface area contributed by atoms with Crippen molar-refractivity contribution < 1.29 is 0 Å². The molecule has 0 amide bonds. The minimum atomic E-state index is -0.0312. The topological polar surface area (TPSA) is 75.9 Å². The summed E-state index contributed by atoms with van der Waals surface area (Å²) in [6.07, 6.45) is 2.79. The van der Waals surface area contributed by atoms with Crippen LogP contribution in [0.5, 0.6) is 0 Å². The quantitative estimate of drug-likeness (QED) is 0.577. The van der Waals surface area contributed by atoms with E-state index in [9.17, 15) is 4.79 Å². The van der Waals surface area contributed by atoms with E-state index in [0.29, 0.717) is 5.65 Å². The molecule has 2 aromatic heterocycles. The highest BCUT2D eigenvalue weighted by Crippen LogP contribution is 2.15. The van der Waals surface area contributed by atoms with E-state index in [4.69, 9.17) is 0 Å². The summed E-state index contributed by atoms with van der Waals surface area (Å²) in [4.78, 5) is 11.7. The maximum atomic E-state index is 11.7.